The van der Waals surface area contributed by atoms with Crippen molar-refractivity contribution in [1.82, 2.24) is 19.5 Å². The highest BCUT2D eigenvalue weighted by Crippen LogP contribution is 2.24. The van der Waals surface area contributed by atoms with Crippen LogP contribution in [0.15, 0.2) is 42.7 Å². The van der Waals surface area contributed by atoms with Crippen molar-refractivity contribution < 1.29 is 8.76 Å². The predicted molar refractivity (Wildman–Crippen MR) is 103 cm³/mol. The molecule has 0 bridgehead atoms. The number of rotatable bonds is 6. The fourth-order valence-electron chi connectivity index (χ4n) is 2.81. The zero-order valence-electron chi connectivity index (χ0n) is 14.9. The maximum Gasteiger partial charge on any atom is 0.227 e. The quantitative estimate of drug-likeness (QED) is 0.642. The van der Waals surface area contributed by atoms with Crippen LogP contribution >= 0.6 is 0 Å². The molecule has 1 unspecified atom stereocenters. The van der Waals surface area contributed by atoms with Gasteiger partial charge in [-0.3, -0.25) is 0 Å². The smallest absolute Gasteiger partial charge is 0.227 e. The first-order valence-electron chi connectivity index (χ1n) is 8.24. The topological polar surface area (TPSA) is 92.9 Å². The van der Waals surface area contributed by atoms with Gasteiger partial charge in [0.25, 0.3) is 0 Å². The molecule has 1 aromatic carbocycles. The molecule has 0 aliphatic heterocycles. The molecule has 0 spiro atoms. The molecule has 3 rings (SSSR count). The number of imidazole rings is 1. The van der Waals surface area contributed by atoms with Crippen LogP contribution in [0.5, 0.6) is 0 Å². The summed E-state index contributed by atoms with van der Waals surface area (Å²) in [5.41, 5.74) is 3.35. The molecule has 2 aromatic heterocycles. The molecule has 0 aliphatic rings. The van der Waals surface area contributed by atoms with Crippen LogP contribution in [-0.2, 0) is 16.8 Å². The molecule has 0 saturated heterocycles. The monoisotopic (exact) mass is 371 g/mol. The lowest BCUT2D eigenvalue weighted by molar-refractivity contribution is 0.563. The molecular formula is C18H21N5O2S. The number of hydrogen-bond acceptors (Lipinski definition) is 5. The highest BCUT2D eigenvalue weighted by Gasteiger charge is 2.13. The van der Waals surface area contributed by atoms with Gasteiger partial charge in [0.05, 0.1) is 23.3 Å². The Kier molecular flexibility index (Phi) is 5.43. The molecule has 7 nitrogen and oxygen atoms in total. The number of nitrogens with one attached hydrogen (secondary N) is 1. The second-order valence-corrected chi connectivity index (χ2v) is 7.14. The Morgan fingerprint density at radius 3 is 2.58 bits per heavy atom. The average molecular weight is 371 g/mol. The van der Waals surface area contributed by atoms with Gasteiger partial charge in [-0.25, -0.2) is 19.2 Å². The Labute approximate surface area is 154 Å². The number of aryl methyl sites for hydroxylation is 1. The molecule has 0 aliphatic carbocycles. The minimum Gasteiger partial charge on any atom is -0.324 e. The lowest BCUT2D eigenvalue weighted by Gasteiger charge is -2.14. The van der Waals surface area contributed by atoms with Gasteiger partial charge < -0.3 is 14.4 Å². The fourth-order valence-corrected chi connectivity index (χ4v) is 3.29. The van der Waals surface area contributed by atoms with Crippen molar-refractivity contribution >= 4 is 22.7 Å². The molecular weight excluding hydrogens is 350 g/mol. The van der Waals surface area contributed by atoms with Gasteiger partial charge in [-0.05, 0) is 44.5 Å². The van der Waals surface area contributed by atoms with E-state index in [1.54, 1.807) is 18.3 Å². The molecule has 3 aromatic rings. The number of nitrogens with zero attached hydrogens (tertiary/aromatic N) is 4. The van der Waals surface area contributed by atoms with Gasteiger partial charge in [-0.2, -0.15) is 0 Å². The van der Waals surface area contributed by atoms with Crippen molar-refractivity contribution in [3.05, 3.63) is 54.1 Å². The summed E-state index contributed by atoms with van der Waals surface area (Å²) in [6, 6.07) is 9.42. The lowest BCUT2D eigenvalue weighted by atomic mass is 10.2. The van der Waals surface area contributed by atoms with E-state index in [1.807, 2.05) is 31.3 Å². The van der Waals surface area contributed by atoms with E-state index >= 15 is 0 Å². The highest BCUT2D eigenvalue weighted by molar-refractivity contribution is 7.78. The second kappa shape index (κ2) is 7.76. The van der Waals surface area contributed by atoms with E-state index in [0.29, 0.717) is 5.95 Å². The molecule has 0 fully saturated rings. The zero-order valence-corrected chi connectivity index (χ0v) is 15.7. The molecule has 136 valence electrons. The Balaban J connectivity index is 1.83. The number of hydrogen-bond donors (Lipinski definition) is 2. The van der Waals surface area contributed by atoms with Crippen LogP contribution < -0.4 is 5.32 Å². The summed E-state index contributed by atoms with van der Waals surface area (Å²) in [7, 11) is 0. The van der Waals surface area contributed by atoms with Crippen LogP contribution in [0.2, 0.25) is 0 Å². The zero-order chi connectivity index (χ0) is 18.7. The van der Waals surface area contributed by atoms with Gasteiger partial charge >= 0.3 is 0 Å². The number of benzene rings is 1. The Hall–Kier alpha value is -2.58. The van der Waals surface area contributed by atoms with Crippen LogP contribution in [-0.4, -0.2) is 28.3 Å². The van der Waals surface area contributed by atoms with Crippen molar-refractivity contribution in [2.75, 3.05) is 5.32 Å². The number of anilines is 2. The van der Waals surface area contributed by atoms with Crippen LogP contribution in [0.4, 0.5) is 11.6 Å². The summed E-state index contributed by atoms with van der Waals surface area (Å²) in [6.45, 7) is 6.20. The standard InChI is InChI=1S/C18H21N5O2S/c1-12(2)23-13(3)20-10-17(23)16-8-9-19-18(22-16)21-15-6-4-14(5-7-15)11-26(24)25/h4-10,12H,11H2,1-3H3,(H,24,25)(H,19,21,22). The third kappa shape index (κ3) is 4.14. The fraction of sp³-hybridized carbons (Fsp3) is 0.278. The molecule has 0 amide bonds. The van der Waals surface area contributed by atoms with E-state index < -0.39 is 11.1 Å². The maximum absolute atomic E-state index is 10.9. The molecule has 8 heteroatoms. The number of aromatic nitrogens is 4. The van der Waals surface area contributed by atoms with E-state index in [1.165, 1.54) is 0 Å². The van der Waals surface area contributed by atoms with Crippen molar-refractivity contribution in [1.29, 1.82) is 0 Å². The molecule has 1 atom stereocenters. The Bertz CT molecular complexity index is 922. The highest BCUT2D eigenvalue weighted by atomic mass is 32.2. The average Bonchev–Trinajstić information content (AvgIpc) is 2.98. The van der Waals surface area contributed by atoms with E-state index in [4.69, 9.17) is 4.55 Å². The van der Waals surface area contributed by atoms with Gasteiger partial charge in [0.15, 0.2) is 11.1 Å². The van der Waals surface area contributed by atoms with Crippen LogP contribution in [0.1, 0.15) is 31.3 Å². The van der Waals surface area contributed by atoms with Crippen molar-refractivity contribution in [2.24, 2.45) is 0 Å². The van der Waals surface area contributed by atoms with E-state index in [-0.39, 0.29) is 11.8 Å². The first-order valence-corrected chi connectivity index (χ1v) is 9.52. The van der Waals surface area contributed by atoms with Crippen LogP contribution in [0, 0.1) is 6.92 Å². The van der Waals surface area contributed by atoms with Crippen molar-refractivity contribution in [3.8, 4) is 11.4 Å². The minimum absolute atomic E-state index is 0.116. The molecule has 2 heterocycles. The summed E-state index contributed by atoms with van der Waals surface area (Å²) < 4.78 is 21.9. The van der Waals surface area contributed by atoms with E-state index in [9.17, 15) is 4.21 Å². The van der Waals surface area contributed by atoms with Gasteiger partial charge in [0, 0.05) is 17.9 Å². The Morgan fingerprint density at radius 1 is 1.19 bits per heavy atom. The molecule has 0 radical (unpaired) electrons. The van der Waals surface area contributed by atoms with E-state index in [0.717, 1.165) is 28.5 Å². The van der Waals surface area contributed by atoms with Crippen molar-refractivity contribution in [3.63, 3.8) is 0 Å². The summed E-state index contributed by atoms with van der Waals surface area (Å²) in [6.07, 6.45) is 3.53. The van der Waals surface area contributed by atoms with Gasteiger partial charge in [0.1, 0.15) is 5.82 Å². The minimum atomic E-state index is -1.84. The maximum atomic E-state index is 10.9. The SMILES string of the molecule is Cc1ncc(-c2ccnc(Nc3ccc(CS(=O)O)cc3)n2)n1C(C)C. The van der Waals surface area contributed by atoms with Gasteiger partial charge in [-0.1, -0.05) is 12.1 Å². The summed E-state index contributed by atoms with van der Waals surface area (Å²) in [4.78, 5) is 13.3. The molecule has 2 N–H and O–H groups in total. The second-order valence-electron chi connectivity index (χ2n) is 6.21. The van der Waals surface area contributed by atoms with Gasteiger partial charge in [-0.15, -0.1) is 0 Å². The first kappa shape index (κ1) is 18.2. The first-order chi connectivity index (χ1) is 12.4. The largest absolute Gasteiger partial charge is 0.324 e. The summed E-state index contributed by atoms with van der Waals surface area (Å²) in [5, 5.41) is 3.16. The molecule has 0 saturated carbocycles. The van der Waals surface area contributed by atoms with Crippen LogP contribution in [0.25, 0.3) is 11.4 Å². The third-order valence-electron chi connectivity index (χ3n) is 3.92. The van der Waals surface area contributed by atoms with Crippen molar-refractivity contribution in [2.45, 2.75) is 32.6 Å². The Morgan fingerprint density at radius 2 is 1.92 bits per heavy atom. The van der Waals surface area contributed by atoms with Crippen LogP contribution in [0.3, 0.4) is 0 Å². The normalized spacial score (nSPS) is 12.3. The van der Waals surface area contributed by atoms with E-state index in [2.05, 4.69) is 38.7 Å². The summed E-state index contributed by atoms with van der Waals surface area (Å²) in [5.74, 6) is 1.54. The third-order valence-corrected chi connectivity index (χ3v) is 4.50. The lowest BCUT2D eigenvalue weighted by Crippen LogP contribution is -2.06. The summed E-state index contributed by atoms with van der Waals surface area (Å²) >= 11 is -1.84. The molecule has 26 heavy (non-hydrogen) atoms. The predicted octanol–water partition coefficient (Wildman–Crippen LogP) is 3.69. The van der Waals surface area contributed by atoms with Gasteiger partial charge in [0.2, 0.25) is 5.95 Å².